The summed E-state index contributed by atoms with van der Waals surface area (Å²) in [6.45, 7) is 4.27. The summed E-state index contributed by atoms with van der Waals surface area (Å²) in [6.07, 6.45) is 3.89. The van der Waals surface area contributed by atoms with Gasteiger partial charge in [0.25, 0.3) is 0 Å². The van der Waals surface area contributed by atoms with Crippen LogP contribution in [0.1, 0.15) is 32.5 Å². The zero-order valence-electron chi connectivity index (χ0n) is 8.86. The smallest absolute Gasteiger partial charge is 0.222 e. The second-order valence-corrected chi connectivity index (χ2v) is 3.86. The summed E-state index contributed by atoms with van der Waals surface area (Å²) < 4.78 is 0. The highest BCUT2D eigenvalue weighted by Crippen LogP contribution is 2.21. The van der Waals surface area contributed by atoms with Crippen LogP contribution in [0.4, 0.5) is 0 Å². The number of H-pyrrole nitrogens is 1. The lowest BCUT2D eigenvalue weighted by Gasteiger charge is -2.15. The second kappa shape index (κ2) is 4.20. The molecule has 1 aromatic heterocycles. The van der Waals surface area contributed by atoms with Gasteiger partial charge in [-0.1, -0.05) is 6.92 Å². The van der Waals surface area contributed by atoms with Gasteiger partial charge in [0.05, 0.1) is 0 Å². The average Bonchev–Trinajstić information content (AvgIpc) is 2.67. The molecule has 1 aromatic rings. The number of allylic oxidation sites excluding steroid dienone is 1. The predicted octanol–water partition coefficient (Wildman–Crippen LogP) is 0.936. The minimum atomic E-state index is 0.568. The van der Waals surface area contributed by atoms with Crippen LogP contribution in [0.25, 0.3) is 5.70 Å². The standard InChI is InChI=1S/C9H14N6/c1-6-3-4-10-11-8(7(2)5-6)9-12-14-15-13-9/h4,6,11H,3,5H2,1-2H3,(H,12,13,14,15)/b8-7+,10-4+. The zero-order chi connectivity index (χ0) is 10.7. The minimum Gasteiger partial charge on any atom is -0.275 e. The van der Waals surface area contributed by atoms with E-state index in [1.54, 1.807) is 0 Å². The Bertz CT molecular complexity index is 377. The molecule has 0 amide bonds. The number of tetrazole rings is 1. The first-order valence-electron chi connectivity index (χ1n) is 4.98. The van der Waals surface area contributed by atoms with Crippen LogP contribution in [0, 0.1) is 5.92 Å². The number of aromatic nitrogens is 4. The summed E-state index contributed by atoms with van der Waals surface area (Å²) in [7, 11) is 0. The van der Waals surface area contributed by atoms with Crippen LogP contribution >= 0.6 is 0 Å². The van der Waals surface area contributed by atoms with E-state index in [1.165, 1.54) is 5.57 Å². The Balaban J connectivity index is 2.30. The molecular weight excluding hydrogens is 192 g/mol. The number of hydrazone groups is 1. The Labute approximate surface area is 87.8 Å². The molecular formula is C9H14N6. The molecule has 1 aliphatic heterocycles. The van der Waals surface area contributed by atoms with Crippen LogP contribution in [0.5, 0.6) is 0 Å². The minimum absolute atomic E-state index is 0.568. The van der Waals surface area contributed by atoms with E-state index in [9.17, 15) is 0 Å². The van der Waals surface area contributed by atoms with Crippen LogP contribution in [-0.4, -0.2) is 26.8 Å². The molecule has 2 rings (SSSR count). The molecule has 0 fully saturated rings. The second-order valence-electron chi connectivity index (χ2n) is 3.86. The SMILES string of the molecule is C/C1=C(/c2nn[nH]n2)N/N=C/CC(C)C1. The van der Waals surface area contributed by atoms with Crippen molar-refractivity contribution >= 4 is 11.9 Å². The van der Waals surface area contributed by atoms with Gasteiger partial charge < -0.3 is 0 Å². The number of hydrogen-bond donors (Lipinski definition) is 2. The quantitative estimate of drug-likeness (QED) is 0.716. The van der Waals surface area contributed by atoms with Crippen LogP contribution in [0.15, 0.2) is 10.7 Å². The molecule has 0 saturated heterocycles. The lowest BCUT2D eigenvalue weighted by Crippen LogP contribution is -2.13. The highest BCUT2D eigenvalue weighted by molar-refractivity contribution is 5.65. The van der Waals surface area contributed by atoms with Crippen molar-refractivity contribution in [1.82, 2.24) is 26.0 Å². The van der Waals surface area contributed by atoms with E-state index in [1.807, 2.05) is 6.21 Å². The fourth-order valence-electron chi connectivity index (χ4n) is 1.65. The average molecular weight is 206 g/mol. The van der Waals surface area contributed by atoms with Crippen molar-refractivity contribution < 1.29 is 0 Å². The van der Waals surface area contributed by atoms with Gasteiger partial charge in [0, 0.05) is 6.21 Å². The van der Waals surface area contributed by atoms with Crippen LogP contribution in [0.2, 0.25) is 0 Å². The van der Waals surface area contributed by atoms with E-state index in [0.29, 0.717) is 11.7 Å². The van der Waals surface area contributed by atoms with Crippen molar-refractivity contribution in [2.45, 2.75) is 26.7 Å². The van der Waals surface area contributed by atoms with Gasteiger partial charge in [-0.3, -0.25) is 5.43 Å². The fourth-order valence-corrected chi connectivity index (χ4v) is 1.65. The van der Waals surface area contributed by atoms with Gasteiger partial charge in [-0.05, 0) is 36.5 Å². The molecule has 6 nitrogen and oxygen atoms in total. The van der Waals surface area contributed by atoms with Crippen molar-refractivity contribution in [3.63, 3.8) is 0 Å². The van der Waals surface area contributed by atoms with E-state index < -0.39 is 0 Å². The van der Waals surface area contributed by atoms with E-state index in [4.69, 9.17) is 0 Å². The summed E-state index contributed by atoms with van der Waals surface area (Å²) in [5.41, 5.74) is 5.02. The van der Waals surface area contributed by atoms with Crippen molar-refractivity contribution in [1.29, 1.82) is 0 Å². The van der Waals surface area contributed by atoms with E-state index in [-0.39, 0.29) is 0 Å². The first-order chi connectivity index (χ1) is 7.27. The predicted molar refractivity (Wildman–Crippen MR) is 56.8 cm³/mol. The number of hydrogen-bond acceptors (Lipinski definition) is 5. The summed E-state index contributed by atoms with van der Waals surface area (Å²) in [6, 6.07) is 0. The third-order valence-electron chi connectivity index (χ3n) is 2.43. The van der Waals surface area contributed by atoms with Crippen molar-refractivity contribution in [2.75, 3.05) is 0 Å². The largest absolute Gasteiger partial charge is 0.275 e. The summed E-state index contributed by atoms with van der Waals surface area (Å²) >= 11 is 0. The lowest BCUT2D eigenvalue weighted by atomic mass is 9.97. The lowest BCUT2D eigenvalue weighted by molar-refractivity contribution is 0.599. The summed E-state index contributed by atoms with van der Waals surface area (Å²) in [5.74, 6) is 1.16. The van der Waals surface area contributed by atoms with Gasteiger partial charge in [0.1, 0.15) is 5.70 Å². The van der Waals surface area contributed by atoms with Crippen LogP contribution in [-0.2, 0) is 0 Å². The first kappa shape index (κ1) is 9.82. The molecule has 1 aliphatic rings. The molecule has 0 aliphatic carbocycles. The molecule has 6 heteroatoms. The van der Waals surface area contributed by atoms with Gasteiger partial charge in [0.2, 0.25) is 5.82 Å². The number of aromatic amines is 1. The molecule has 0 aromatic carbocycles. The maximum absolute atomic E-state index is 4.11. The van der Waals surface area contributed by atoms with Gasteiger partial charge in [-0.15, -0.1) is 10.2 Å². The van der Waals surface area contributed by atoms with Crippen molar-refractivity contribution in [2.24, 2.45) is 11.0 Å². The van der Waals surface area contributed by atoms with E-state index >= 15 is 0 Å². The molecule has 1 atom stereocenters. The Morgan fingerprint density at radius 1 is 1.47 bits per heavy atom. The van der Waals surface area contributed by atoms with E-state index in [2.05, 4.69) is 45.0 Å². The van der Waals surface area contributed by atoms with E-state index in [0.717, 1.165) is 18.5 Å². The Hall–Kier alpha value is -1.72. The van der Waals surface area contributed by atoms with Gasteiger partial charge in [-0.25, -0.2) is 0 Å². The maximum Gasteiger partial charge on any atom is 0.222 e. The molecule has 2 heterocycles. The molecule has 15 heavy (non-hydrogen) atoms. The summed E-state index contributed by atoms with van der Waals surface area (Å²) in [5, 5.41) is 18.0. The zero-order valence-corrected chi connectivity index (χ0v) is 8.86. The highest BCUT2D eigenvalue weighted by Gasteiger charge is 2.14. The number of nitrogens with one attached hydrogen (secondary N) is 2. The molecule has 1 unspecified atom stereocenters. The third-order valence-corrected chi connectivity index (χ3v) is 2.43. The molecule has 0 bridgehead atoms. The Morgan fingerprint density at radius 2 is 2.33 bits per heavy atom. The van der Waals surface area contributed by atoms with Gasteiger partial charge in [-0.2, -0.15) is 10.3 Å². The Morgan fingerprint density at radius 3 is 3.07 bits per heavy atom. The first-order valence-corrected chi connectivity index (χ1v) is 4.98. The maximum atomic E-state index is 4.11. The monoisotopic (exact) mass is 206 g/mol. The molecule has 0 spiro atoms. The van der Waals surface area contributed by atoms with Gasteiger partial charge in [0.15, 0.2) is 0 Å². The van der Waals surface area contributed by atoms with Gasteiger partial charge >= 0.3 is 0 Å². The molecule has 0 radical (unpaired) electrons. The molecule has 0 saturated carbocycles. The highest BCUT2D eigenvalue weighted by atomic mass is 15.5. The fraction of sp³-hybridized carbons (Fsp3) is 0.556. The third kappa shape index (κ3) is 2.20. The Kier molecular flexibility index (Phi) is 2.75. The van der Waals surface area contributed by atoms with Crippen LogP contribution in [0.3, 0.4) is 0 Å². The number of nitrogens with zero attached hydrogens (tertiary/aromatic N) is 4. The van der Waals surface area contributed by atoms with Crippen molar-refractivity contribution in [3.05, 3.63) is 11.4 Å². The number of rotatable bonds is 1. The molecule has 2 N–H and O–H groups in total. The van der Waals surface area contributed by atoms with Crippen molar-refractivity contribution in [3.8, 4) is 0 Å². The summed E-state index contributed by atoms with van der Waals surface area (Å²) in [4.78, 5) is 0. The van der Waals surface area contributed by atoms with Crippen LogP contribution < -0.4 is 5.43 Å². The molecule has 80 valence electrons. The normalized spacial score (nSPS) is 29.1. The topological polar surface area (TPSA) is 78.8 Å².